The first-order valence-corrected chi connectivity index (χ1v) is 5.38. The highest BCUT2D eigenvalue weighted by atomic mass is 16.5. The van der Waals surface area contributed by atoms with Gasteiger partial charge in [-0.2, -0.15) is 0 Å². The summed E-state index contributed by atoms with van der Waals surface area (Å²) in [6.45, 7) is 3.46. The van der Waals surface area contributed by atoms with Crippen LogP contribution in [-0.4, -0.2) is 31.2 Å². The minimum atomic E-state index is -0.269. The molecule has 16 heavy (non-hydrogen) atoms. The predicted octanol–water partition coefficient (Wildman–Crippen LogP) is 0.732. The van der Waals surface area contributed by atoms with Crippen LogP contribution in [0.25, 0.3) is 0 Å². The lowest BCUT2D eigenvalue weighted by molar-refractivity contribution is -0.146. The van der Waals surface area contributed by atoms with Crippen molar-refractivity contribution < 1.29 is 9.53 Å². The summed E-state index contributed by atoms with van der Waals surface area (Å²) in [6.07, 6.45) is 1.76. The van der Waals surface area contributed by atoms with Gasteiger partial charge < -0.3 is 10.1 Å². The molecule has 0 spiro atoms. The van der Waals surface area contributed by atoms with Crippen LogP contribution in [0.3, 0.4) is 0 Å². The smallest absolute Gasteiger partial charge is 0.310 e. The molecule has 1 aliphatic heterocycles. The van der Waals surface area contributed by atoms with Crippen LogP contribution in [0, 0.1) is 5.92 Å². The molecule has 0 radical (unpaired) electrons. The van der Waals surface area contributed by atoms with E-state index in [1.54, 1.807) is 6.20 Å². The molecule has 0 saturated carbocycles. The van der Waals surface area contributed by atoms with Gasteiger partial charge in [-0.3, -0.25) is 9.78 Å². The molecule has 4 heteroatoms. The van der Waals surface area contributed by atoms with Crippen molar-refractivity contribution in [3.63, 3.8) is 0 Å². The van der Waals surface area contributed by atoms with Crippen LogP contribution in [0.2, 0.25) is 0 Å². The highest BCUT2D eigenvalue weighted by Crippen LogP contribution is 2.34. The molecule has 2 atom stereocenters. The first kappa shape index (κ1) is 11.1. The highest BCUT2D eigenvalue weighted by Gasteiger charge is 2.46. The van der Waals surface area contributed by atoms with E-state index < -0.39 is 0 Å². The van der Waals surface area contributed by atoms with Crippen LogP contribution in [0.1, 0.15) is 12.6 Å². The molecule has 2 heterocycles. The second-order valence-corrected chi connectivity index (χ2v) is 4.34. The van der Waals surface area contributed by atoms with Crippen LogP contribution >= 0.6 is 0 Å². The maximum atomic E-state index is 11.7. The molecule has 0 bridgehead atoms. The fourth-order valence-corrected chi connectivity index (χ4v) is 2.28. The van der Waals surface area contributed by atoms with E-state index in [9.17, 15) is 4.79 Å². The predicted molar refractivity (Wildman–Crippen MR) is 60.0 cm³/mol. The Morgan fingerprint density at radius 1 is 1.62 bits per heavy atom. The molecular formula is C12H16N2O2. The Kier molecular flexibility index (Phi) is 2.92. The van der Waals surface area contributed by atoms with E-state index >= 15 is 0 Å². The van der Waals surface area contributed by atoms with Gasteiger partial charge in [0, 0.05) is 30.4 Å². The molecule has 1 fully saturated rings. The van der Waals surface area contributed by atoms with Crippen LogP contribution < -0.4 is 5.32 Å². The second kappa shape index (κ2) is 4.22. The van der Waals surface area contributed by atoms with Crippen molar-refractivity contribution in [2.75, 3.05) is 20.2 Å². The minimum absolute atomic E-state index is 0.160. The van der Waals surface area contributed by atoms with E-state index in [-0.39, 0.29) is 17.3 Å². The number of ether oxygens (including phenoxy) is 1. The number of rotatable bonds is 2. The summed E-state index contributed by atoms with van der Waals surface area (Å²) in [5.74, 6) is -0.328. The van der Waals surface area contributed by atoms with E-state index in [0.717, 1.165) is 12.2 Å². The quantitative estimate of drug-likeness (QED) is 0.747. The molecule has 0 aliphatic carbocycles. The average Bonchev–Trinajstić information content (AvgIpc) is 2.73. The number of hydrogen-bond donors (Lipinski definition) is 1. The summed E-state index contributed by atoms with van der Waals surface area (Å²) in [7, 11) is 1.43. The lowest BCUT2D eigenvalue weighted by atomic mass is 9.77. The number of nitrogens with zero attached hydrogens (tertiary/aromatic N) is 1. The monoisotopic (exact) mass is 220 g/mol. The standard InChI is InChI=1S/C12H16N2O2/c1-12(10-5-3-4-6-14-10)8-13-7-9(12)11(15)16-2/h3-6,9,13H,7-8H2,1-2H3/t9-,12+/m0/s1. The van der Waals surface area contributed by atoms with E-state index in [1.165, 1.54) is 7.11 Å². The number of pyridine rings is 1. The van der Waals surface area contributed by atoms with Crippen molar-refractivity contribution in [3.8, 4) is 0 Å². The Balaban J connectivity index is 2.33. The number of nitrogens with one attached hydrogen (secondary N) is 1. The third kappa shape index (κ3) is 1.69. The van der Waals surface area contributed by atoms with Crippen LogP contribution in [-0.2, 0) is 14.9 Å². The number of methoxy groups -OCH3 is 1. The molecule has 1 N–H and O–H groups in total. The average molecular weight is 220 g/mol. The number of carbonyl (C=O) groups excluding carboxylic acids is 1. The van der Waals surface area contributed by atoms with Crippen molar-refractivity contribution in [1.82, 2.24) is 10.3 Å². The topological polar surface area (TPSA) is 51.2 Å². The fourth-order valence-electron chi connectivity index (χ4n) is 2.28. The Bertz CT molecular complexity index is 380. The summed E-state index contributed by atoms with van der Waals surface area (Å²) < 4.78 is 4.84. The lowest BCUT2D eigenvalue weighted by Gasteiger charge is -2.27. The highest BCUT2D eigenvalue weighted by molar-refractivity contribution is 5.75. The largest absolute Gasteiger partial charge is 0.469 e. The van der Waals surface area contributed by atoms with Gasteiger partial charge >= 0.3 is 5.97 Å². The maximum absolute atomic E-state index is 11.7. The van der Waals surface area contributed by atoms with Crippen molar-refractivity contribution in [2.24, 2.45) is 5.92 Å². The van der Waals surface area contributed by atoms with Gasteiger partial charge in [0.25, 0.3) is 0 Å². The van der Waals surface area contributed by atoms with E-state index in [1.807, 2.05) is 18.2 Å². The molecule has 86 valence electrons. The normalized spacial score (nSPS) is 29.0. The minimum Gasteiger partial charge on any atom is -0.469 e. The summed E-state index contributed by atoms with van der Waals surface area (Å²) in [5.41, 5.74) is 0.671. The lowest BCUT2D eigenvalue weighted by Crippen LogP contribution is -2.37. The van der Waals surface area contributed by atoms with E-state index in [0.29, 0.717) is 6.54 Å². The Labute approximate surface area is 95.0 Å². The molecule has 0 amide bonds. The van der Waals surface area contributed by atoms with Crippen molar-refractivity contribution in [2.45, 2.75) is 12.3 Å². The Morgan fingerprint density at radius 2 is 2.44 bits per heavy atom. The van der Waals surface area contributed by atoms with Gasteiger partial charge in [-0.25, -0.2) is 0 Å². The molecule has 0 aromatic carbocycles. The number of esters is 1. The molecule has 1 aliphatic rings. The SMILES string of the molecule is COC(=O)[C@@H]1CNC[C@@]1(C)c1ccccn1. The van der Waals surface area contributed by atoms with Crippen LogP contribution in [0.15, 0.2) is 24.4 Å². The van der Waals surface area contributed by atoms with Gasteiger partial charge in [-0.15, -0.1) is 0 Å². The van der Waals surface area contributed by atoms with Gasteiger partial charge in [0.2, 0.25) is 0 Å². The van der Waals surface area contributed by atoms with Crippen LogP contribution in [0.5, 0.6) is 0 Å². The fraction of sp³-hybridized carbons (Fsp3) is 0.500. The molecule has 1 saturated heterocycles. The second-order valence-electron chi connectivity index (χ2n) is 4.34. The number of carbonyl (C=O) groups is 1. The van der Waals surface area contributed by atoms with Gasteiger partial charge in [-0.1, -0.05) is 13.0 Å². The van der Waals surface area contributed by atoms with Crippen molar-refractivity contribution >= 4 is 5.97 Å². The summed E-state index contributed by atoms with van der Waals surface area (Å²) in [4.78, 5) is 16.1. The van der Waals surface area contributed by atoms with Gasteiger partial charge in [-0.05, 0) is 12.1 Å². The third-order valence-corrected chi connectivity index (χ3v) is 3.35. The first-order valence-electron chi connectivity index (χ1n) is 5.38. The first-order chi connectivity index (χ1) is 7.68. The van der Waals surface area contributed by atoms with Crippen molar-refractivity contribution in [1.29, 1.82) is 0 Å². The van der Waals surface area contributed by atoms with Crippen molar-refractivity contribution in [3.05, 3.63) is 30.1 Å². The van der Waals surface area contributed by atoms with Crippen LogP contribution in [0.4, 0.5) is 0 Å². The van der Waals surface area contributed by atoms with E-state index in [2.05, 4.69) is 17.2 Å². The summed E-state index contributed by atoms with van der Waals surface area (Å²) >= 11 is 0. The summed E-state index contributed by atoms with van der Waals surface area (Å²) in [6, 6.07) is 5.78. The zero-order valence-electron chi connectivity index (χ0n) is 9.56. The maximum Gasteiger partial charge on any atom is 0.310 e. The molecule has 4 nitrogen and oxygen atoms in total. The third-order valence-electron chi connectivity index (χ3n) is 3.35. The van der Waals surface area contributed by atoms with E-state index in [4.69, 9.17) is 4.74 Å². The Hall–Kier alpha value is -1.42. The van der Waals surface area contributed by atoms with Gasteiger partial charge in [0.1, 0.15) is 0 Å². The zero-order valence-corrected chi connectivity index (χ0v) is 9.56. The molecule has 1 aromatic heterocycles. The van der Waals surface area contributed by atoms with Gasteiger partial charge in [0.15, 0.2) is 0 Å². The molecular weight excluding hydrogens is 204 g/mol. The number of hydrogen-bond acceptors (Lipinski definition) is 4. The number of aromatic nitrogens is 1. The summed E-state index contributed by atoms with van der Waals surface area (Å²) in [5, 5.41) is 3.24. The molecule has 1 aromatic rings. The Morgan fingerprint density at radius 3 is 3.06 bits per heavy atom. The molecule has 0 unspecified atom stereocenters. The zero-order chi connectivity index (χ0) is 11.6. The molecule has 2 rings (SSSR count). The van der Waals surface area contributed by atoms with Gasteiger partial charge in [0.05, 0.1) is 13.0 Å².